The molecule has 2 aliphatic rings. The SMILES string of the molecule is CC1CCOCC1.CN(C)C1CCC(C(C)(C)C)CC1. The Balaban J connectivity index is 0.000000240. The van der Waals surface area contributed by atoms with Crippen LogP contribution in [0.2, 0.25) is 0 Å². The van der Waals surface area contributed by atoms with E-state index in [-0.39, 0.29) is 0 Å². The fourth-order valence-electron chi connectivity index (χ4n) is 3.27. The van der Waals surface area contributed by atoms with Gasteiger partial charge in [-0.2, -0.15) is 0 Å². The van der Waals surface area contributed by atoms with E-state index >= 15 is 0 Å². The van der Waals surface area contributed by atoms with Crippen molar-refractivity contribution in [3.05, 3.63) is 0 Å². The Morgan fingerprint density at radius 3 is 1.65 bits per heavy atom. The lowest BCUT2D eigenvalue weighted by Crippen LogP contribution is -2.35. The first-order valence-corrected chi connectivity index (χ1v) is 8.55. The third-order valence-electron chi connectivity index (χ3n) is 5.16. The first kappa shape index (κ1) is 18.0. The molecule has 2 heteroatoms. The Bertz CT molecular complexity index is 243. The lowest BCUT2D eigenvalue weighted by atomic mass is 9.71. The molecule has 2 fully saturated rings. The predicted octanol–water partition coefficient (Wildman–Crippen LogP) is 4.59. The van der Waals surface area contributed by atoms with Crippen molar-refractivity contribution in [2.75, 3.05) is 27.3 Å². The van der Waals surface area contributed by atoms with Crippen molar-refractivity contribution in [1.82, 2.24) is 4.90 Å². The van der Waals surface area contributed by atoms with Crippen molar-refractivity contribution in [1.29, 1.82) is 0 Å². The van der Waals surface area contributed by atoms with Crippen LogP contribution < -0.4 is 0 Å². The number of rotatable bonds is 1. The zero-order valence-corrected chi connectivity index (χ0v) is 14.7. The summed E-state index contributed by atoms with van der Waals surface area (Å²) < 4.78 is 5.14. The van der Waals surface area contributed by atoms with Crippen molar-refractivity contribution < 1.29 is 4.74 Å². The Kier molecular flexibility index (Phi) is 7.53. The maximum Gasteiger partial charge on any atom is 0.0468 e. The molecule has 0 radical (unpaired) electrons. The summed E-state index contributed by atoms with van der Waals surface area (Å²) in [6, 6.07) is 0.846. The molecule has 1 heterocycles. The monoisotopic (exact) mass is 283 g/mol. The van der Waals surface area contributed by atoms with Crippen molar-refractivity contribution in [3.8, 4) is 0 Å². The van der Waals surface area contributed by atoms with E-state index in [9.17, 15) is 0 Å². The van der Waals surface area contributed by atoms with Gasteiger partial charge in [0.1, 0.15) is 0 Å². The van der Waals surface area contributed by atoms with E-state index in [1.807, 2.05) is 0 Å². The predicted molar refractivity (Wildman–Crippen MR) is 88.1 cm³/mol. The van der Waals surface area contributed by atoms with E-state index in [1.54, 1.807) is 0 Å². The molecule has 20 heavy (non-hydrogen) atoms. The summed E-state index contributed by atoms with van der Waals surface area (Å²) in [6.45, 7) is 11.4. The molecular formula is C18H37NO. The van der Waals surface area contributed by atoms with Gasteiger partial charge in [-0.3, -0.25) is 0 Å². The molecular weight excluding hydrogens is 246 g/mol. The quantitative estimate of drug-likeness (QED) is 0.698. The fraction of sp³-hybridized carbons (Fsp3) is 1.00. The smallest absolute Gasteiger partial charge is 0.0468 e. The number of ether oxygens (including phenoxy) is 1. The van der Waals surface area contributed by atoms with Crippen LogP contribution in [0, 0.1) is 17.3 Å². The molecule has 2 nitrogen and oxygen atoms in total. The van der Waals surface area contributed by atoms with E-state index in [4.69, 9.17) is 4.74 Å². The summed E-state index contributed by atoms with van der Waals surface area (Å²) >= 11 is 0. The van der Waals surface area contributed by atoms with Gasteiger partial charge in [-0.05, 0) is 69.9 Å². The van der Waals surface area contributed by atoms with E-state index in [2.05, 4.69) is 46.7 Å². The highest BCUT2D eigenvalue weighted by Gasteiger charge is 2.30. The molecule has 1 aliphatic heterocycles. The number of nitrogens with zero attached hydrogens (tertiary/aromatic N) is 1. The average molecular weight is 284 g/mol. The van der Waals surface area contributed by atoms with Crippen LogP contribution in [0.4, 0.5) is 0 Å². The molecule has 2 rings (SSSR count). The van der Waals surface area contributed by atoms with Crippen LogP contribution >= 0.6 is 0 Å². The Morgan fingerprint density at radius 2 is 1.35 bits per heavy atom. The second kappa shape index (κ2) is 8.38. The molecule has 0 aromatic carbocycles. The highest BCUT2D eigenvalue weighted by Crippen LogP contribution is 2.38. The van der Waals surface area contributed by atoms with Gasteiger partial charge in [0.25, 0.3) is 0 Å². The Labute approximate surface area is 127 Å². The largest absolute Gasteiger partial charge is 0.381 e. The van der Waals surface area contributed by atoms with Crippen LogP contribution in [0.5, 0.6) is 0 Å². The van der Waals surface area contributed by atoms with Gasteiger partial charge in [0.2, 0.25) is 0 Å². The topological polar surface area (TPSA) is 12.5 Å². The van der Waals surface area contributed by atoms with E-state index in [0.717, 1.165) is 31.1 Å². The van der Waals surface area contributed by atoms with Crippen molar-refractivity contribution in [2.24, 2.45) is 17.3 Å². The molecule has 0 spiro atoms. The van der Waals surface area contributed by atoms with Crippen LogP contribution in [0.25, 0.3) is 0 Å². The molecule has 0 bridgehead atoms. The standard InChI is InChI=1S/C12H25N.C6H12O/c1-12(2,3)10-6-8-11(9-7-10)13(4)5;1-6-2-4-7-5-3-6/h10-11H,6-9H2,1-5H3;6H,2-5H2,1H3. The lowest BCUT2D eigenvalue weighted by molar-refractivity contribution is 0.0716. The van der Waals surface area contributed by atoms with Gasteiger partial charge in [-0.15, -0.1) is 0 Å². The van der Waals surface area contributed by atoms with E-state index in [0.29, 0.717) is 5.41 Å². The average Bonchev–Trinajstić information content (AvgIpc) is 2.39. The van der Waals surface area contributed by atoms with Crippen LogP contribution in [0.15, 0.2) is 0 Å². The summed E-state index contributed by atoms with van der Waals surface area (Å²) in [5.74, 6) is 1.86. The van der Waals surface area contributed by atoms with Crippen molar-refractivity contribution in [2.45, 2.75) is 72.3 Å². The van der Waals surface area contributed by atoms with E-state index < -0.39 is 0 Å². The normalized spacial score (nSPS) is 28.9. The Hall–Kier alpha value is -0.0800. The highest BCUT2D eigenvalue weighted by molar-refractivity contribution is 4.82. The minimum Gasteiger partial charge on any atom is -0.381 e. The maximum atomic E-state index is 5.14. The summed E-state index contributed by atoms with van der Waals surface area (Å²) in [6.07, 6.45) is 8.17. The molecule has 0 N–H and O–H groups in total. The molecule has 0 amide bonds. The first-order valence-electron chi connectivity index (χ1n) is 8.55. The zero-order chi connectivity index (χ0) is 15.2. The summed E-state index contributed by atoms with van der Waals surface area (Å²) in [5.41, 5.74) is 0.525. The molecule has 1 saturated carbocycles. The maximum absolute atomic E-state index is 5.14. The third-order valence-corrected chi connectivity index (χ3v) is 5.16. The summed E-state index contributed by atoms with van der Waals surface area (Å²) in [5, 5.41) is 0. The van der Waals surface area contributed by atoms with Gasteiger partial charge in [0.15, 0.2) is 0 Å². The summed E-state index contributed by atoms with van der Waals surface area (Å²) in [7, 11) is 4.42. The van der Waals surface area contributed by atoms with Gasteiger partial charge >= 0.3 is 0 Å². The minimum atomic E-state index is 0.525. The van der Waals surface area contributed by atoms with Crippen LogP contribution in [-0.2, 0) is 4.74 Å². The second-order valence-electron chi connectivity index (χ2n) is 8.13. The van der Waals surface area contributed by atoms with Crippen LogP contribution in [0.1, 0.15) is 66.2 Å². The lowest BCUT2D eigenvalue weighted by Gasteiger charge is -2.39. The van der Waals surface area contributed by atoms with Crippen molar-refractivity contribution >= 4 is 0 Å². The molecule has 0 atom stereocenters. The second-order valence-corrected chi connectivity index (χ2v) is 8.13. The highest BCUT2D eigenvalue weighted by atomic mass is 16.5. The fourth-order valence-corrected chi connectivity index (χ4v) is 3.27. The molecule has 1 saturated heterocycles. The zero-order valence-electron chi connectivity index (χ0n) is 14.7. The molecule has 0 unspecified atom stereocenters. The van der Waals surface area contributed by atoms with Gasteiger partial charge in [-0.25, -0.2) is 0 Å². The van der Waals surface area contributed by atoms with E-state index in [1.165, 1.54) is 38.5 Å². The van der Waals surface area contributed by atoms with Gasteiger partial charge < -0.3 is 9.64 Å². The molecule has 120 valence electrons. The molecule has 0 aromatic heterocycles. The Morgan fingerprint density at radius 1 is 0.850 bits per heavy atom. The first-order chi connectivity index (χ1) is 9.30. The van der Waals surface area contributed by atoms with Gasteiger partial charge in [0.05, 0.1) is 0 Å². The number of hydrogen-bond acceptors (Lipinski definition) is 2. The molecule has 0 aromatic rings. The number of hydrogen-bond donors (Lipinski definition) is 0. The van der Waals surface area contributed by atoms with Crippen LogP contribution in [0.3, 0.4) is 0 Å². The minimum absolute atomic E-state index is 0.525. The van der Waals surface area contributed by atoms with Crippen LogP contribution in [-0.4, -0.2) is 38.3 Å². The molecule has 1 aliphatic carbocycles. The van der Waals surface area contributed by atoms with Gasteiger partial charge in [-0.1, -0.05) is 27.7 Å². The summed E-state index contributed by atoms with van der Waals surface area (Å²) in [4.78, 5) is 2.39. The van der Waals surface area contributed by atoms with Crippen molar-refractivity contribution in [3.63, 3.8) is 0 Å². The van der Waals surface area contributed by atoms with Gasteiger partial charge in [0, 0.05) is 19.3 Å². The third kappa shape index (κ3) is 6.58.